The van der Waals surface area contributed by atoms with Gasteiger partial charge in [-0.2, -0.15) is 4.79 Å². The van der Waals surface area contributed by atoms with Crippen LogP contribution in [-0.4, -0.2) is 126 Å². The molecule has 2 atom stereocenters. The third kappa shape index (κ3) is 7.28. The Labute approximate surface area is 207 Å². The maximum Gasteiger partial charge on any atom is 0.517 e. The number of quaternary nitrogens is 1. The monoisotopic (exact) mass is 497 g/mol. The van der Waals surface area contributed by atoms with Crippen molar-refractivity contribution in [3.05, 3.63) is 0 Å². The van der Waals surface area contributed by atoms with Crippen LogP contribution >= 0.6 is 0 Å². The Morgan fingerprint density at radius 2 is 1.80 bits per heavy atom. The van der Waals surface area contributed by atoms with E-state index in [0.717, 1.165) is 32.7 Å². The summed E-state index contributed by atoms with van der Waals surface area (Å²) in [5.74, 6) is -0.746. The predicted octanol–water partition coefficient (Wildman–Crippen LogP) is 1.32. The summed E-state index contributed by atoms with van der Waals surface area (Å²) < 4.78 is 11.3. The molecule has 3 aliphatic rings. The molecule has 3 aliphatic heterocycles. The highest BCUT2D eigenvalue weighted by molar-refractivity contribution is 5.92. The van der Waals surface area contributed by atoms with Crippen LogP contribution in [0.1, 0.15) is 46.5 Å². The van der Waals surface area contributed by atoms with Crippen LogP contribution in [-0.2, 0) is 14.3 Å². The molecule has 3 saturated heterocycles. The number of carboxylic acid groups (broad SMARTS) is 1. The van der Waals surface area contributed by atoms with Gasteiger partial charge in [-0.05, 0) is 33.7 Å². The van der Waals surface area contributed by atoms with Gasteiger partial charge >= 0.3 is 18.2 Å². The van der Waals surface area contributed by atoms with E-state index in [9.17, 15) is 14.4 Å². The van der Waals surface area contributed by atoms with Gasteiger partial charge in [-0.1, -0.05) is 0 Å². The fourth-order valence-electron chi connectivity index (χ4n) is 5.03. The van der Waals surface area contributed by atoms with Crippen LogP contribution in [0.15, 0.2) is 0 Å². The number of hydrogen-bond acceptors (Lipinski definition) is 8. The van der Waals surface area contributed by atoms with Crippen molar-refractivity contribution in [3.63, 3.8) is 0 Å². The number of hydrogen-bond donors (Lipinski definition) is 3. The normalized spacial score (nSPS) is 26.9. The van der Waals surface area contributed by atoms with Gasteiger partial charge < -0.3 is 24.4 Å². The summed E-state index contributed by atoms with van der Waals surface area (Å²) in [6.07, 6.45) is 1.16. The summed E-state index contributed by atoms with van der Waals surface area (Å²) >= 11 is 0. The van der Waals surface area contributed by atoms with E-state index >= 15 is 0 Å². The molecule has 0 aromatic carbocycles. The summed E-state index contributed by atoms with van der Waals surface area (Å²) in [4.78, 5) is 41.9. The van der Waals surface area contributed by atoms with Crippen molar-refractivity contribution >= 4 is 24.1 Å². The lowest BCUT2D eigenvalue weighted by atomic mass is 10.0. The number of likely N-dealkylation sites (tertiary alicyclic amines) is 1. The standard InChI is InChI=1S/C23H40N6O6/c1-23(2,3)35-21(32)25-20(24)28-10-7-17(8-11-28)29(4)16-18(34-22(29)33)27-14-12-26(13-15-27)9-5-6-19(30)31/h17-18H,5-16H2,1-4H3,(H2-,24,25,30,31,32)/p+1. The van der Waals surface area contributed by atoms with E-state index < -0.39 is 17.7 Å². The van der Waals surface area contributed by atoms with E-state index in [0.29, 0.717) is 38.9 Å². The second kappa shape index (κ2) is 11.1. The van der Waals surface area contributed by atoms with Crippen LogP contribution in [0.3, 0.4) is 0 Å². The van der Waals surface area contributed by atoms with E-state index in [2.05, 4.69) is 15.1 Å². The topological polar surface area (TPSA) is 136 Å². The number of ether oxygens (including phenoxy) is 2. The molecule has 3 fully saturated rings. The van der Waals surface area contributed by atoms with E-state index in [-0.39, 0.29) is 35.2 Å². The average Bonchev–Trinajstić information content (AvgIpc) is 3.08. The molecule has 3 N–H and O–H groups in total. The van der Waals surface area contributed by atoms with Crippen LogP contribution in [0.5, 0.6) is 0 Å². The van der Waals surface area contributed by atoms with Crippen molar-refractivity contribution in [1.82, 2.24) is 20.0 Å². The largest absolute Gasteiger partial charge is 0.517 e. The zero-order chi connectivity index (χ0) is 25.8. The molecule has 0 saturated carbocycles. The lowest BCUT2D eigenvalue weighted by Gasteiger charge is -2.40. The van der Waals surface area contributed by atoms with Gasteiger partial charge in [-0.3, -0.25) is 20.4 Å². The Bertz CT molecular complexity index is 801. The van der Waals surface area contributed by atoms with Gasteiger partial charge in [-0.15, -0.1) is 0 Å². The number of nitrogens with one attached hydrogen (secondary N) is 2. The molecule has 0 bridgehead atoms. The number of nitrogens with zero attached hydrogens (tertiary/aromatic N) is 4. The molecule has 0 radical (unpaired) electrons. The van der Waals surface area contributed by atoms with Gasteiger partial charge in [0.05, 0.1) is 7.05 Å². The number of cyclic esters (lactones) is 1. The number of carboxylic acids is 1. The summed E-state index contributed by atoms with van der Waals surface area (Å²) in [7, 11) is 1.94. The van der Waals surface area contributed by atoms with Crippen LogP contribution in [0.4, 0.5) is 9.59 Å². The molecule has 0 spiro atoms. The molecule has 2 unspecified atom stereocenters. The molecule has 35 heavy (non-hydrogen) atoms. The highest BCUT2D eigenvalue weighted by Crippen LogP contribution is 2.31. The van der Waals surface area contributed by atoms with E-state index in [1.54, 1.807) is 25.7 Å². The maximum absolute atomic E-state index is 12.9. The number of amides is 2. The Hall–Kier alpha value is -2.44. The van der Waals surface area contributed by atoms with Gasteiger partial charge in [0.15, 0.2) is 0 Å². The molecular weight excluding hydrogens is 456 g/mol. The van der Waals surface area contributed by atoms with Crippen LogP contribution < -0.4 is 5.32 Å². The zero-order valence-corrected chi connectivity index (χ0v) is 21.4. The average molecular weight is 498 g/mol. The molecule has 0 aliphatic carbocycles. The predicted molar refractivity (Wildman–Crippen MR) is 128 cm³/mol. The number of likely N-dealkylation sites (N-methyl/N-ethyl adjacent to an activating group) is 1. The van der Waals surface area contributed by atoms with Crippen molar-refractivity contribution in [2.45, 2.75) is 64.3 Å². The van der Waals surface area contributed by atoms with E-state index in [1.165, 1.54) is 0 Å². The second-order valence-electron chi connectivity index (χ2n) is 10.9. The second-order valence-corrected chi connectivity index (χ2v) is 10.9. The minimum Gasteiger partial charge on any atom is -0.481 e. The van der Waals surface area contributed by atoms with Crippen molar-refractivity contribution in [2.24, 2.45) is 0 Å². The van der Waals surface area contributed by atoms with Gasteiger partial charge in [0.25, 0.3) is 0 Å². The third-order valence-corrected chi connectivity index (χ3v) is 7.07. The lowest BCUT2D eigenvalue weighted by molar-refractivity contribution is -0.852. The molecule has 3 heterocycles. The minimum atomic E-state index is -0.763. The van der Waals surface area contributed by atoms with Crippen LogP contribution in [0, 0.1) is 5.41 Å². The third-order valence-electron chi connectivity index (χ3n) is 7.07. The summed E-state index contributed by atoms with van der Waals surface area (Å²) in [6.45, 7) is 11.1. The van der Waals surface area contributed by atoms with Crippen LogP contribution in [0.2, 0.25) is 0 Å². The van der Waals surface area contributed by atoms with Crippen molar-refractivity contribution in [2.75, 3.05) is 59.4 Å². The fourth-order valence-corrected chi connectivity index (χ4v) is 5.03. The number of rotatable bonds is 6. The molecule has 2 amide bonds. The number of guanidine groups is 1. The summed E-state index contributed by atoms with van der Waals surface area (Å²) in [5, 5.41) is 19.5. The quantitative estimate of drug-likeness (QED) is 0.282. The first-order valence-electron chi connectivity index (χ1n) is 12.5. The van der Waals surface area contributed by atoms with Crippen molar-refractivity contribution < 1.29 is 33.4 Å². The number of carbonyl (C=O) groups excluding carboxylic acids is 2. The van der Waals surface area contributed by atoms with Gasteiger partial charge in [0.2, 0.25) is 12.2 Å². The van der Waals surface area contributed by atoms with Gasteiger partial charge in [-0.25, -0.2) is 9.28 Å². The van der Waals surface area contributed by atoms with Gasteiger partial charge in [0.1, 0.15) is 18.2 Å². The first-order chi connectivity index (χ1) is 16.4. The first-order valence-corrected chi connectivity index (χ1v) is 12.5. The number of carbonyl (C=O) groups is 3. The smallest absolute Gasteiger partial charge is 0.481 e. The molecule has 0 aromatic rings. The van der Waals surface area contributed by atoms with Crippen molar-refractivity contribution in [1.29, 1.82) is 5.41 Å². The highest BCUT2D eigenvalue weighted by atomic mass is 16.6. The molecule has 3 rings (SSSR count). The lowest BCUT2D eigenvalue weighted by Crippen LogP contribution is -2.59. The summed E-state index contributed by atoms with van der Waals surface area (Å²) in [6, 6.07) is 0.0929. The molecule has 198 valence electrons. The van der Waals surface area contributed by atoms with E-state index in [4.69, 9.17) is 20.0 Å². The SMILES string of the molecule is CC(C)(C)OC(=O)NC(=N)N1CCC([N+]2(C)CC(N3CCN(CCCC(=O)O)CC3)OC2=O)CC1. The zero-order valence-electron chi connectivity index (χ0n) is 21.4. The number of piperazine rings is 1. The van der Waals surface area contributed by atoms with Crippen molar-refractivity contribution in [3.8, 4) is 0 Å². The molecule has 12 heteroatoms. The number of piperidine rings is 1. The molecular formula is C23H41N6O6+. The minimum absolute atomic E-state index is 0.0171. The highest BCUT2D eigenvalue weighted by Gasteiger charge is 2.53. The fraction of sp³-hybridized carbons (Fsp3) is 0.826. The molecule has 12 nitrogen and oxygen atoms in total. The van der Waals surface area contributed by atoms with Gasteiger partial charge in [0, 0.05) is 58.5 Å². The Kier molecular flexibility index (Phi) is 8.60. The van der Waals surface area contributed by atoms with E-state index in [1.807, 2.05) is 7.05 Å². The number of alkyl carbamates (subject to hydrolysis) is 1. The Morgan fingerprint density at radius 3 is 2.37 bits per heavy atom. The number of aliphatic carboxylic acids is 1. The first kappa shape index (κ1) is 27.2. The summed E-state index contributed by atoms with van der Waals surface area (Å²) in [5.41, 5.74) is -0.629. The van der Waals surface area contributed by atoms with Crippen LogP contribution in [0.25, 0.3) is 0 Å². The molecule has 0 aromatic heterocycles. The Morgan fingerprint density at radius 1 is 1.17 bits per heavy atom. The maximum atomic E-state index is 12.9. The Balaban J connectivity index is 1.45.